The predicted octanol–water partition coefficient (Wildman–Crippen LogP) is 2.72. The summed E-state index contributed by atoms with van der Waals surface area (Å²) in [5, 5.41) is 10.3. The number of rotatable bonds is 3. The van der Waals surface area contributed by atoms with Gasteiger partial charge in [-0.05, 0) is 42.7 Å². The maximum absolute atomic E-state index is 11.9. The Balaban J connectivity index is 0.00000110. The fourth-order valence-corrected chi connectivity index (χ4v) is 2.29. The van der Waals surface area contributed by atoms with Crippen LogP contribution in [-0.4, -0.2) is 22.2 Å². The number of carbonyl (C=O) groups is 1. The molecule has 0 bridgehead atoms. The highest BCUT2D eigenvalue weighted by atomic mass is 35.5. The van der Waals surface area contributed by atoms with Gasteiger partial charge in [0, 0.05) is 30.3 Å². The number of carbonyl (C=O) groups excluding carboxylic acids is 1. The van der Waals surface area contributed by atoms with Crippen LogP contribution in [0.5, 0.6) is 0 Å². The van der Waals surface area contributed by atoms with Crippen LogP contribution in [0.2, 0.25) is 0 Å². The molecule has 7 heteroatoms. The van der Waals surface area contributed by atoms with Crippen molar-refractivity contribution in [1.29, 1.82) is 0 Å². The van der Waals surface area contributed by atoms with Gasteiger partial charge in [0.25, 0.3) is 0 Å². The normalized spacial score (nSPS) is 12.2. The maximum atomic E-state index is 11.9. The molecule has 2 heterocycles. The zero-order valence-electron chi connectivity index (χ0n) is 11.4. The Kier molecular flexibility index (Phi) is 6.52. The summed E-state index contributed by atoms with van der Waals surface area (Å²) >= 11 is 0. The van der Waals surface area contributed by atoms with Gasteiger partial charge in [-0.25, -0.2) is 0 Å². The zero-order chi connectivity index (χ0) is 13.1. The quantitative estimate of drug-likeness (QED) is 0.910. The van der Waals surface area contributed by atoms with Crippen molar-refractivity contribution in [3.63, 3.8) is 0 Å². The molecule has 1 aliphatic rings. The molecule has 0 fully saturated rings. The van der Waals surface area contributed by atoms with E-state index in [0.717, 1.165) is 25.1 Å². The monoisotopic (exact) mass is 328 g/mol. The number of nitrogens with zero attached hydrogens (tertiary/aromatic N) is 2. The number of hydrogen-bond acceptors (Lipinski definition) is 3. The third kappa shape index (κ3) is 4.37. The van der Waals surface area contributed by atoms with Gasteiger partial charge in [-0.3, -0.25) is 9.48 Å². The smallest absolute Gasteiger partial charge is 0.246 e. The largest absolute Gasteiger partial charge is 0.385 e. The summed E-state index contributed by atoms with van der Waals surface area (Å²) in [7, 11) is 0. The van der Waals surface area contributed by atoms with Crippen molar-refractivity contribution in [2.75, 3.05) is 17.2 Å². The second-order valence-electron chi connectivity index (χ2n) is 4.65. The van der Waals surface area contributed by atoms with Crippen molar-refractivity contribution in [2.24, 2.45) is 0 Å². The number of anilines is 2. The second kappa shape index (κ2) is 7.90. The minimum Gasteiger partial charge on any atom is -0.385 e. The van der Waals surface area contributed by atoms with Gasteiger partial charge < -0.3 is 10.6 Å². The third-order valence-corrected chi connectivity index (χ3v) is 3.19. The molecule has 3 rings (SSSR count). The lowest BCUT2D eigenvalue weighted by atomic mass is 10.0. The Labute approximate surface area is 135 Å². The van der Waals surface area contributed by atoms with Crippen LogP contribution >= 0.6 is 24.8 Å². The second-order valence-corrected chi connectivity index (χ2v) is 4.65. The number of benzene rings is 1. The van der Waals surface area contributed by atoms with E-state index < -0.39 is 0 Å². The highest BCUT2D eigenvalue weighted by Crippen LogP contribution is 2.25. The van der Waals surface area contributed by atoms with Gasteiger partial charge in [-0.1, -0.05) is 0 Å². The van der Waals surface area contributed by atoms with Gasteiger partial charge in [0.05, 0.1) is 0 Å². The molecule has 0 atom stereocenters. The van der Waals surface area contributed by atoms with Crippen molar-refractivity contribution in [3.8, 4) is 0 Å². The van der Waals surface area contributed by atoms with E-state index in [9.17, 15) is 4.79 Å². The number of aryl methyl sites for hydroxylation is 1. The number of aromatic nitrogens is 2. The SMILES string of the molecule is Cl.Cl.O=C(Cn1cccn1)Nc1ccc2c(c1)CCCN2. The van der Waals surface area contributed by atoms with E-state index >= 15 is 0 Å². The van der Waals surface area contributed by atoms with Crippen LogP contribution in [-0.2, 0) is 17.8 Å². The van der Waals surface area contributed by atoms with E-state index in [4.69, 9.17) is 0 Å². The molecular formula is C14H18Cl2N4O. The van der Waals surface area contributed by atoms with E-state index in [1.54, 1.807) is 23.1 Å². The van der Waals surface area contributed by atoms with Crippen molar-refractivity contribution >= 4 is 42.1 Å². The molecule has 0 radical (unpaired) electrons. The molecule has 0 saturated heterocycles. The Morgan fingerprint density at radius 2 is 2.24 bits per heavy atom. The lowest BCUT2D eigenvalue weighted by Crippen LogP contribution is -2.19. The average molecular weight is 329 g/mol. The lowest BCUT2D eigenvalue weighted by molar-refractivity contribution is -0.116. The summed E-state index contributed by atoms with van der Waals surface area (Å²) in [5.74, 6) is -0.0626. The predicted molar refractivity (Wildman–Crippen MR) is 88.6 cm³/mol. The van der Waals surface area contributed by atoms with Gasteiger partial charge in [-0.15, -0.1) is 24.8 Å². The molecule has 0 aliphatic carbocycles. The van der Waals surface area contributed by atoms with Crippen LogP contribution in [0, 0.1) is 0 Å². The first-order valence-electron chi connectivity index (χ1n) is 6.45. The highest BCUT2D eigenvalue weighted by Gasteiger charge is 2.10. The minimum atomic E-state index is -0.0626. The summed E-state index contributed by atoms with van der Waals surface area (Å²) in [4.78, 5) is 11.9. The first-order chi connectivity index (χ1) is 9.31. The maximum Gasteiger partial charge on any atom is 0.246 e. The molecule has 2 N–H and O–H groups in total. The number of hydrogen-bond donors (Lipinski definition) is 2. The fraction of sp³-hybridized carbons (Fsp3) is 0.286. The van der Waals surface area contributed by atoms with Crippen LogP contribution in [0.3, 0.4) is 0 Å². The molecule has 2 aromatic rings. The molecule has 5 nitrogen and oxygen atoms in total. The summed E-state index contributed by atoms with van der Waals surface area (Å²) in [6.45, 7) is 1.26. The number of fused-ring (bicyclic) bond motifs is 1. The van der Waals surface area contributed by atoms with E-state index in [1.165, 1.54) is 11.3 Å². The summed E-state index contributed by atoms with van der Waals surface area (Å²) < 4.78 is 1.61. The fourth-order valence-electron chi connectivity index (χ4n) is 2.29. The molecule has 0 unspecified atom stereocenters. The van der Waals surface area contributed by atoms with Crippen molar-refractivity contribution in [2.45, 2.75) is 19.4 Å². The zero-order valence-corrected chi connectivity index (χ0v) is 13.0. The summed E-state index contributed by atoms with van der Waals surface area (Å²) in [6, 6.07) is 7.80. The molecule has 114 valence electrons. The van der Waals surface area contributed by atoms with Crippen molar-refractivity contribution in [3.05, 3.63) is 42.2 Å². The highest BCUT2D eigenvalue weighted by molar-refractivity contribution is 5.91. The Morgan fingerprint density at radius 3 is 3.00 bits per heavy atom. The first kappa shape index (κ1) is 17.3. The third-order valence-electron chi connectivity index (χ3n) is 3.19. The molecule has 0 spiro atoms. The Hall–Kier alpha value is -1.72. The summed E-state index contributed by atoms with van der Waals surface area (Å²) in [5.41, 5.74) is 3.29. The van der Waals surface area contributed by atoms with Crippen LogP contribution in [0.1, 0.15) is 12.0 Å². The molecule has 1 aliphatic heterocycles. The van der Waals surface area contributed by atoms with Crippen LogP contribution < -0.4 is 10.6 Å². The number of halogens is 2. The number of nitrogens with one attached hydrogen (secondary N) is 2. The van der Waals surface area contributed by atoms with Gasteiger partial charge >= 0.3 is 0 Å². The van der Waals surface area contributed by atoms with Crippen LogP contribution in [0.4, 0.5) is 11.4 Å². The van der Waals surface area contributed by atoms with E-state index in [1.807, 2.05) is 18.2 Å². The summed E-state index contributed by atoms with van der Waals surface area (Å²) in [6.07, 6.45) is 5.64. The van der Waals surface area contributed by atoms with Crippen molar-refractivity contribution < 1.29 is 4.79 Å². The molecule has 1 aromatic carbocycles. The van der Waals surface area contributed by atoms with Crippen molar-refractivity contribution in [1.82, 2.24) is 9.78 Å². The van der Waals surface area contributed by atoms with Gasteiger partial charge in [0.15, 0.2) is 0 Å². The Bertz CT molecular complexity index is 587. The van der Waals surface area contributed by atoms with Crippen LogP contribution in [0.15, 0.2) is 36.7 Å². The topological polar surface area (TPSA) is 59.0 Å². The molecule has 0 saturated carbocycles. The lowest BCUT2D eigenvalue weighted by Gasteiger charge is -2.18. The van der Waals surface area contributed by atoms with Gasteiger partial charge in [0.1, 0.15) is 6.54 Å². The molecule has 21 heavy (non-hydrogen) atoms. The molecule has 1 amide bonds. The average Bonchev–Trinajstić information content (AvgIpc) is 2.91. The van der Waals surface area contributed by atoms with Crippen LogP contribution in [0.25, 0.3) is 0 Å². The Morgan fingerprint density at radius 1 is 1.38 bits per heavy atom. The number of amides is 1. The van der Waals surface area contributed by atoms with E-state index in [2.05, 4.69) is 15.7 Å². The minimum absolute atomic E-state index is 0. The van der Waals surface area contributed by atoms with E-state index in [0.29, 0.717) is 0 Å². The molecule has 1 aromatic heterocycles. The van der Waals surface area contributed by atoms with Gasteiger partial charge in [-0.2, -0.15) is 5.10 Å². The van der Waals surface area contributed by atoms with E-state index in [-0.39, 0.29) is 37.3 Å². The standard InChI is InChI=1S/C14H16N4O.2ClH/c19-14(10-18-8-2-7-16-18)17-12-4-5-13-11(9-12)3-1-6-15-13;;/h2,4-5,7-9,15H,1,3,6,10H2,(H,17,19);2*1H. The van der Waals surface area contributed by atoms with Gasteiger partial charge in [0.2, 0.25) is 5.91 Å². The molecular weight excluding hydrogens is 311 g/mol. The first-order valence-corrected chi connectivity index (χ1v) is 6.45.